The number of carbonyl (C=O) groups excluding carboxylic acids is 1. The molecule has 0 fully saturated rings. The van der Waals surface area contributed by atoms with E-state index in [2.05, 4.69) is 27.4 Å². The molecule has 0 aliphatic rings. The third kappa shape index (κ3) is 5.44. The van der Waals surface area contributed by atoms with Crippen molar-refractivity contribution in [3.05, 3.63) is 58.3 Å². The van der Waals surface area contributed by atoms with E-state index in [1.165, 1.54) is 34.4 Å². The molecule has 0 bridgehead atoms. The van der Waals surface area contributed by atoms with E-state index in [1.807, 2.05) is 47.2 Å². The van der Waals surface area contributed by atoms with E-state index in [0.717, 1.165) is 21.9 Å². The number of thiazole rings is 1. The lowest BCUT2D eigenvalue weighted by Gasteiger charge is -2.11. The van der Waals surface area contributed by atoms with E-state index in [-0.39, 0.29) is 29.3 Å². The summed E-state index contributed by atoms with van der Waals surface area (Å²) >= 11 is 4.00. The van der Waals surface area contributed by atoms with Crippen LogP contribution in [0.4, 0.5) is 10.9 Å². The molecule has 1 amide bonds. The number of rotatable bonds is 8. The van der Waals surface area contributed by atoms with Crippen LogP contribution in [-0.4, -0.2) is 28.7 Å². The number of hydrogen-bond acceptors (Lipinski definition) is 10. The molecular weight excluding hydrogens is 501 g/mol. The summed E-state index contributed by atoms with van der Waals surface area (Å²) in [6.45, 7) is 0. The van der Waals surface area contributed by atoms with Crippen LogP contribution in [0.25, 0.3) is 21.7 Å². The molecule has 174 valence electrons. The van der Waals surface area contributed by atoms with E-state index in [0.29, 0.717) is 21.5 Å². The Kier molecular flexibility index (Phi) is 7.63. The van der Waals surface area contributed by atoms with Crippen LogP contribution in [0.1, 0.15) is 17.5 Å². The largest absolute Gasteiger partial charge is 0.497 e. The van der Waals surface area contributed by atoms with Crippen LogP contribution in [0.3, 0.4) is 0 Å². The zero-order valence-electron chi connectivity index (χ0n) is 18.4. The van der Waals surface area contributed by atoms with Gasteiger partial charge in [-0.1, -0.05) is 18.2 Å². The average Bonchev–Trinajstić information content (AvgIpc) is 3.56. The summed E-state index contributed by atoms with van der Waals surface area (Å²) in [6.07, 6.45) is 0.180. The monoisotopic (exact) mass is 518 g/mol. The number of nitrogen functional groups attached to an aromatic ring is 1. The zero-order valence-corrected chi connectivity index (χ0v) is 20.9. The second kappa shape index (κ2) is 11.0. The third-order valence-corrected chi connectivity index (χ3v) is 7.49. The number of pyridine rings is 1. The van der Waals surface area contributed by atoms with Crippen molar-refractivity contribution in [2.45, 2.75) is 11.4 Å². The topological polar surface area (TPSA) is 138 Å². The summed E-state index contributed by atoms with van der Waals surface area (Å²) in [5.74, 6) is 0.961. The predicted octanol–water partition coefficient (Wildman–Crippen LogP) is 5.39. The van der Waals surface area contributed by atoms with Gasteiger partial charge >= 0.3 is 0 Å². The number of benzene rings is 1. The van der Waals surface area contributed by atoms with Crippen molar-refractivity contribution in [1.82, 2.24) is 9.97 Å². The summed E-state index contributed by atoms with van der Waals surface area (Å²) in [5.41, 5.74) is 8.61. The number of ether oxygens (including phenoxy) is 1. The number of nitrogens with zero attached hydrogens (tertiary/aromatic N) is 4. The number of hydrogen-bond donors (Lipinski definition) is 2. The van der Waals surface area contributed by atoms with Crippen molar-refractivity contribution in [3.8, 4) is 39.6 Å². The number of nitrogens with two attached hydrogens (primary N) is 1. The van der Waals surface area contributed by atoms with Gasteiger partial charge in [0.2, 0.25) is 5.91 Å². The molecule has 3 N–H and O–H groups in total. The Morgan fingerprint density at radius 3 is 2.71 bits per heavy atom. The number of nitriles is 2. The van der Waals surface area contributed by atoms with E-state index in [1.54, 1.807) is 7.11 Å². The standard InChI is InChI=1S/C24H18N6O2S3/c1-32-15-5-2-4-14(10-15)18-13-35-24(28-18)29-20(31)7-9-34-23-17(12-26)21(19-6-3-8-33-19)16(11-25)22(27)30-23/h2-6,8,10,13H,7,9H2,1H3,(H2,27,30)(H,28,29,31). The number of carbonyl (C=O) groups is 1. The minimum atomic E-state index is -0.206. The SMILES string of the molecule is COc1cccc(-c2csc(NC(=O)CCSc3nc(N)c(C#N)c(-c4cccs4)c3C#N)n2)c1. The molecule has 0 atom stereocenters. The van der Waals surface area contributed by atoms with Crippen molar-refractivity contribution < 1.29 is 9.53 Å². The van der Waals surface area contributed by atoms with Crippen molar-refractivity contribution in [2.24, 2.45) is 0 Å². The number of amides is 1. The fourth-order valence-corrected chi connectivity index (χ4v) is 5.69. The molecule has 3 aromatic heterocycles. The van der Waals surface area contributed by atoms with Crippen molar-refractivity contribution in [3.63, 3.8) is 0 Å². The summed E-state index contributed by atoms with van der Waals surface area (Å²) in [5, 5.41) is 26.8. The van der Waals surface area contributed by atoms with Gasteiger partial charge in [0.15, 0.2) is 5.13 Å². The van der Waals surface area contributed by atoms with Gasteiger partial charge in [0.05, 0.1) is 18.4 Å². The molecule has 0 saturated carbocycles. The van der Waals surface area contributed by atoms with Gasteiger partial charge < -0.3 is 15.8 Å². The molecule has 0 radical (unpaired) electrons. The molecule has 0 unspecified atom stereocenters. The second-order valence-electron chi connectivity index (χ2n) is 7.04. The second-order valence-corrected chi connectivity index (χ2v) is 9.93. The van der Waals surface area contributed by atoms with Crippen molar-refractivity contribution in [1.29, 1.82) is 10.5 Å². The first kappa shape index (κ1) is 24.2. The maximum atomic E-state index is 12.5. The third-order valence-electron chi connectivity index (χ3n) is 4.87. The van der Waals surface area contributed by atoms with Crippen LogP contribution in [0.5, 0.6) is 5.75 Å². The Morgan fingerprint density at radius 1 is 1.17 bits per heavy atom. The Balaban J connectivity index is 1.43. The number of thioether (sulfide) groups is 1. The fourth-order valence-electron chi connectivity index (χ4n) is 3.24. The van der Waals surface area contributed by atoms with Crippen LogP contribution in [0.15, 0.2) is 52.2 Å². The highest BCUT2D eigenvalue weighted by Gasteiger charge is 2.21. The van der Waals surface area contributed by atoms with Gasteiger partial charge in [-0.25, -0.2) is 9.97 Å². The number of methoxy groups -OCH3 is 1. The first-order chi connectivity index (χ1) is 17.0. The molecule has 4 rings (SSSR count). The quantitative estimate of drug-likeness (QED) is 0.296. The van der Waals surface area contributed by atoms with Crippen LogP contribution >= 0.6 is 34.4 Å². The predicted molar refractivity (Wildman–Crippen MR) is 139 cm³/mol. The average molecular weight is 519 g/mol. The highest BCUT2D eigenvalue weighted by Crippen LogP contribution is 2.37. The normalized spacial score (nSPS) is 10.4. The Bertz CT molecular complexity index is 1450. The first-order valence-electron chi connectivity index (χ1n) is 10.2. The molecule has 4 aromatic rings. The lowest BCUT2D eigenvalue weighted by atomic mass is 10.0. The summed E-state index contributed by atoms with van der Waals surface area (Å²) in [7, 11) is 1.61. The van der Waals surface area contributed by atoms with Crippen LogP contribution < -0.4 is 15.8 Å². The number of anilines is 2. The summed E-state index contributed by atoms with van der Waals surface area (Å²) in [6, 6.07) is 15.4. The van der Waals surface area contributed by atoms with Gasteiger partial charge in [0, 0.05) is 33.6 Å². The molecule has 11 heteroatoms. The van der Waals surface area contributed by atoms with Gasteiger partial charge in [-0.05, 0) is 23.6 Å². The Morgan fingerprint density at radius 2 is 2.00 bits per heavy atom. The number of thiophene rings is 1. The molecule has 3 heterocycles. The molecule has 8 nitrogen and oxygen atoms in total. The van der Waals surface area contributed by atoms with Gasteiger partial charge in [-0.2, -0.15) is 10.5 Å². The Labute approximate surface area is 214 Å². The molecule has 35 heavy (non-hydrogen) atoms. The molecule has 1 aromatic carbocycles. The smallest absolute Gasteiger partial charge is 0.226 e. The molecule has 0 saturated heterocycles. The van der Waals surface area contributed by atoms with Crippen LogP contribution in [0, 0.1) is 22.7 Å². The van der Waals surface area contributed by atoms with E-state index >= 15 is 0 Å². The van der Waals surface area contributed by atoms with Gasteiger partial charge in [-0.15, -0.1) is 34.4 Å². The maximum Gasteiger partial charge on any atom is 0.226 e. The minimum Gasteiger partial charge on any atom is -0.497 e. The van der Waals surface area contributed by atoms with E-state index < -0.39 is 0 Å². The highest BCUT2D eigenvalue weighted by molar-refractivity contribution is 7.99. The van der Waals surface area contributed by atoms with Crippen LogP contribution in [-0.2, 0) is 4.79 Å². The zero-order chi connectivity index (χ0) is 24.8. The van der Waals surface area contributed by atoms with Crippen LogP contribution in [0.2, 0.25) is 0 Å². The van der Waals surface area contributed by atoms with Gasteiger partial charge in [0.1, 0.15) is 34.3 Å². The molecule has 0 aliphatic carbocycles. The van der Waals surface area contributed by atoms with Gasteiger partial charge in [0.25, 0.3) is 0 Å². The summed E-state index contributed by atoms with van der Waals surface area (Å²) < 4.78 is 5.25. The maximum absolute atomic E-state index is 12.5. The summed E-state index contributed by atoms with van der Waals surface area (Å²) in [4.78, 5) is 22.0. The number of aromatic nitrogens is 2. The van der Waals surface area contributed by atoms with Crippen molar-refractivity contribution >= 4 is 51.3 Å². The number of nitrogens with one attached hydrogen (secondary N) is 1. The molecular formula is C24H18N6O2S3. The first-order valence-corrected chi connectivity index (χ1v) is 13.0. The fraction of sp³-hybridized carbons (Fsp3) is 0.125. The molecule has 0 spiro atoms. The highest BCUT2D eigenvalue weighted by atomic mass is 32.2. The van der Waals surface area contributed by atoms with Crippen molar-refractivity contribution in [2.75, 3.05) is 23.9 Å². The van der Waals surface area contributed by atoms with E-state index in [4.69, 9.17) is 10.5 Å². The Hall–Kier alpha value is -3.90. The molecule has 0 aliphatic heterocycles. The lowest BCUT2D eigenvalue weighted by molar-refractivity contribution is -0.115. The van der Waals surface area contributed by atoms with E-state index in [9.17, 15) is 15.3 Å². The van der Waals surface area contributed by atoms with Gasteiger partial charge in [-0.3, -0.25) is 4.79 Å². The minimum absolute atomic E-state index is 0.0645. The lowest BCUT2D eigenvalue weighted by Crippen LogP contribution is -2.12.